The first-order chi connectivity index (χ1) is 37.4. The quantitative estimate of drug-likeness (QED) is 0.0988. The van der Waals surface area contributed by atoms with Gasteiger partial charge in [-0.2, -0.15) is 0 Å². The highest BCUT2D eigenvalue weighted by Gasteiger charge is 2.39. The van der Waals surface area contributed by atoms with Crippen LogP contribution in [0, 0.1) is 94.7 Å². The van der Waals surface area contributed by atoms with Crippen molar-refractivity contribution >= 4 is 57.4 Å². The molecule has 4 fully saturated rings. The maximum absolute atomic E-state index is 13.7. The molecule has 6 nitrogen and oxygen atoms in total. The van der Waals surface area contributed by atoms with Gasteiger partial charge in [0.25, 0.3) is 0 Å². The molecule has 6 rings (SSSR count). The maximum Gasteiger partial charge on any atom is 0.225 e. The Morgan fingerprint density at radius 3 is 1.10 bits per heavy atom. The van der Waals surface area contributed by atoms with Gasteiger partial charge in [-0.25, -0.2) is 0 Å². The van der Waals surface area contributed by atoms with Crippen LogP contribution in [0.2, 0.25) is 0 Å². The second-order valence-corrected chi connectivity index (χ2v) is 27.7. The number of halogens is 3. The van der Waals surface area contributed by atoms with Crippen molar-refractivity contribution in [2.45, 2.75) is 225 Å². The minimum Gasteiger partial charge on any atom is -0.324 e. The number of hydrogen-bond donors (Lipinski definition) is 1. The number of carbonyl (C=O) groups excluding carboxylic acids is 4. The van der Waals surface area contributed by atoms with E-state index in [1.807, 2.05) is 24.3 Å². The van der Waals surface area contributed by atoms with Gasteiger partial charge in [0, 0.05) is 49.0 Å². The fourth-order valence-electron chi connectivity index (χ4n) is 14.2. The Kier molecular flexibility index (Phi) is 36.5. The van der Waals surface area contributed by atoms with Crippen LogP contribution in [0.1, 0.15) is 236 Å². The molecule has 2 aromatic rings. The van der Waals surface area contributed by atoms with Gasteiger partial charge in [-0.05, 0) is 184 Å². The minimum atomic E-state index is -0.120. The largest absolute Gasteiger partial charge is 0.324 e. The van der Waals surface area contributed by atoms with Crippen LogP contribution in [0.15, 0.2) is 60.7 Å². The molecule has 9 heteroatoms. The Balaban J connectivity index is 0.000000403. The second kappa shape index (κ2) is 39.5. The van der Waals surface area contributed by atoms with E-state index >= 15 is 0 Å². The highest BCUT2D eigenvalue weighted by atomic mass is 35.5. The molecule has 4 aliphatic rings. The third kappa shape index (κ3) is 26.2. The van der Waals surface area contributed by atoms with Gasteiger partial charge in [-0.1, -0.05) is 190 Å². The van der Waals surface area contributed by atoms with Crippen LogP contribution in [0.4, 0.5) is 0 Å². The number of rotatable bonds is 21. The van der Waals surface area contributed by atoms with Gasteiger partial charge < -0.3 is 10.6 Å². The average Bonchev–Trinajstić information content (AvgIpc) is 3.42. The van der Waals surface area contributed by atoms with E-state index in [2.05, 4.69) is 145 Å². The van der Waals surface area contributed by atoms with Crippen molar-refractivity contribution in [1.82, 2.24) is 4.90 Å². The van der Waals surface area contributed by atoms with Crippen LogP contribution in [0.3, 0.4) is 0 Å². The fourth-order valence-corrected chi connectivity index (χ4v) is 14.5. The van der Waals surface area contributed by atoms with Crippen LogP contribution in [-0.4, -0.2) is 52.5 Å². The van der Waals surface area contributed by atoms with E-state index in [4.69, 9.17) is 40.5 Å². The van der Waals surface area contributed by atoms with E-state index in [1.165, 1.54) is 76.6 Å². The standard InChI is InChI=1S/C32H50O2.C20H31NO.C11H19ClO.C6H15N.CH2Cl2/c1-21(2)27-15-12-23(5)18-29(27)31(33)17-14-26(25-10-8-7-9-11-25)20-32(34)30-19-24(6)13-16-28(30)22(3)4;1-14(2)17-10-9-15(3)13-18(17)20(22)12-11-19(21)16-7-5-4-6-8-16;1-7(2)9-5-4-8(3)6-10(9)11(12)13;1-4-7(5-2)6-3;2-1-3/h7-11,21-24,26-30H,12-20H2,1-6H3;4-8,14-15,17-19H,9-13,21H2,1-3H3;7-10H,4-6H2,1-3H3;4-6H2,1-3H3;1H2/t23-,24-,26+,27+,28+,29-,30-;15-,17+,18-,19-;8-,9+,10-;;/m111../s1. The third-order valence-electron chi connectivity index (χ3n) is 19.4. The first-order valence-corrected chi connectivity index (χ1v) is 33.4. The summed E-state index contributed by atoms with van der Waals surface area (Å²) in [6.07, 6.45) is 17.3. The molecule has 4 aliphatic carbocycles. The van der Waals surface area contributed by atoms with Crippen molar-refractivity contribution in [3.05, 3.63) is 71.8 Å². The molecule has 0 radical (unpaired) electrons. The summed E-state index contributed by atoms with van der Waals surface area (Å²) in [5.74, 6) is 9.32. The summed E-state index contributed by atoms with van der Waals surface area (Å²) in [5.41, 5.74) is 8.60. The smallest absolute Gasteiger partial charge is 0.225 e. The fraction of sp³-hybridized carbons (Fsp3) is 0.771. The Morgan fingerprint density at radius 1 is 0.481 bits per heavy atom. The summed E-state index contributed by atoms with van der Waals surface area (Å²) in [7, 11) is 0. The number of carbonyl (C=O) groups is 4. The van der Waals surface area contributed by atoms with E-state index in [9.17, 15) is 19.2 Å². The summed E-state index contributed by atoms with van der Waals surface area (Å²) in [6.45, 7) is 37.3. The van der Waals surface area contributed by atoms with Gasteiger partial charge in [0.15, 0.2) is 0 Å². The van der Waals surface area contributed by atoms with Gasteiger partial charge in [0.1, 0.15) is 17.3 Å². The lowest BCUT2D eigenvalue weighted by Crippen LogP contribution is -2.34. The molecule has 4 saturated carbocycles. The van der Waals surface area contributed by atoms with Gasteiger partial charge in [0.05, 0.1) is 5.34 Å². The molecule has 2 aromatic carbocycles. The molecule has 0 spiro atoms. The van der Waals surface area contributed by atoms with Crippen molar-refractivity contribution < 1.29 is 19.2 Å². The molecule has 79 heavy (non-hydrogen) atoms. The number of ketones is 3. The molecule has 0 bridgehead atoms. The summed E-state index contributed by atoms with van der Waals surface area (Å²) < 4.78 is 0. The van der Waals surface area contributed by atoms with E-state index in [0.717, 1.165) is 44.1 Å². The van der Waals surface area contributed by atoms with Crippen LogP contribution in [-0.2, 0) is 19.2 Å². The lowest BCUT2D eigenvalue weighted by Gasteiger charge is -2.37. The minimum absolute atomic E-state index is 0.0244. The summed E-state index contributed by atoms with van der Waals surface area (Å²) >= 11 is 15.1. The number of hydrogen-bond acceptors (Lipinski definition) is 6. The van der Waals surface area contributed by atoms with Gasteiger partial charge >= 0.3 is 0 Å². The van der Waals surface area contributed by atoms with Crippen LogP contribution < -0.4 is 5.73 Å². The van der Waals surface area contributed by atoms with E-state index < -0.39 is 0 Å². The van der Waals surface area contributed by atoms with Crippen LogP contribution in [0.5, 0.6) is 0 Å². The normalized spacial score (nSPS) is 27.7. The van der Waals surface area contributed by atoms with E-state index in [-0.39, 0.29) is 46.2 Å². The molecule has 0 unspecified atom stereocenters. The zero-order valence-electron chi connectivity index (χ0n) is 52.8. The van der Waals surface area contributed by atoms with Gasteiger partial charge in [-0.15, -0.1) is 23.2 Å². The Labute approximate surface area is 500 Å². The molecule has 0 aliphatic heterocycles. The third-order valence-corrected chi connectivity index (χ3v) is 19.6. The van der Waals surface area contributed by atoms with Crippen LogP contribution in [0.25, 0.3) is 0 Å². The van der Waals surface area contributed by atoms with Crippen molar-refractivity contribution in [1.29, 1.82) is 0 Å². The first kappa shape index (κ1) is 73.0. The summed E-state index contributed by atoms with van der Waals surface area (Å²) in [5, 5.41) is 0.0743. The number of benzene rings is 2. The molecule has 0 aromatic heterocycles. The molecule has 0 saturated heterocycles. The van der Waals surface area contributed by atoms with Gasteiger partial charge in [-0.3, -0.25) is 19.2 Å². The maximum atomic E-state index is 13.7. The first-order valence-electron chi connectivity index (χ1n) is 31.9. The lowest BCUT2D eigenvalue weighted by atomic mass is 9.66. The SMILES string of the molecule is CC(C)[C@@H]1CC[C@@H](C)C[C@H]1C(=O)CC[C@@H](CC(=O)[C@@H]1C[C@H](C)CC[C@H]1C(C)C)c1ccccc1.CC(C)[C@@H]1CC[C@@H](C)C[C@H]1C(=O)CC[C@@H](N)c1ccccc1.CC(C)[C@@H]1CC[C@@H](C)C[C@H]1C(=O)Cl.CCN(CC)CC.ClCCl. The lowest BCUT2D eigenvalue weighted by molar-refractivity contribution is -0.129. The van der Waals surface area contributed by atoms with E-state index in [1.54, 1.807) is 0 Å². The van der Waals surface area contributed by atoms with Crippen LogP contribution >= 0.6 is 34.8 Å². The molecule has 452 valence electrons. The number of nitrogens with zero attached hydrogens (tertiary/aromatic N) is 1. The van der Waals surface area contributed by atoms with E-state index in [0.29, 0.717) is 108 Å². The van der Waals surface area contributed by atoms with Crippen molar-refractivity contribution in [3.63, 3.8) is 0 Å². The summed E-state index contributed by atoms with van der Waals surface area (Å²) in [4.78, 5) is 53.5. The zero-order valence-corrected chi connectivity index (χ0v) is 55.1. The topological polar surface area (TPSA) is 97.5 Å². The van der Waals surface area contributed by atoms with Crippen molar-refractivity contribution in [2.75, 3.05) is 25.0 Å². The molecular weight excluding hydrogens is 1040 g/mol. The number of alkyl halides is 2. The highest BCUT2D eigenvalue weighted by Crippen LogP contribution is 2.44. The monoisotopic (exact) mass is 1150 g/mol. The predicted octanol–water partition coefficient (Wildman–Crippen LogP) is 19.5. The molecule has 0 amide bonds. The van der Waals surface area contributed by atoms with Gasteiger partial charge in [0.2, 0.25) is 5.24 Å². The molecule has 0 heterocycles. The molecule has 14 atom stereocenters. The Bertz CT molecular complexity index is 1950. The van der Waals surface area contributed by atoms with Crippen molar-refractivity contribution in [2.24, 2.45) is 100 Å². The predicted molar refractivity (Wildman–Crippen MR) is 341 cm³/mol. The summed E-state index contributed by atoms with van der Waals surface area (Å²) in [6, 6.07) is 20.6. The Morgan fingerprint density at radius 2 is 0.785 bits per heavy atom. The Hall–Kier alpha value is -2.09. The zero-order chi connectivity index (χ0) is 59.4. The number of nitrogens with two attached hydrogens (primary N) is 1. The second-order valence-electron chi connectivity index (χ2n) is 26.6. The molecular formula is C70H117Cl3N2O4. The highest BCUT2D eigenvalue weighted by molar-refractivity contribution is 6.64. The number of Topliss-reactive ketones (excluding diaryl/α,β-unsaturated/α-hetero) is 3. The molecule has 2 N–H and O–H groups in total. The van der Waals surface area contributed by atoms with Crippen molar-refractivity contribution in [3.8, 4) is 0 Å². The average molecular weight is 1160 g/mol.